The number of amides is 1. The quantitative estimate of drug-likeness (QED) is 0.667. The molecule has 0 radical (unpaired) electrons. The number of carbonyl (C=O) groups excluding carboxylic acids is 1. The molecule has 2 unspecified atom stereocenters. The molecule has 0 bridgehead atoms. The third-order valence-electron chi connectivity index (χ3n) is 4.44. The van der Waals surface area contributed by atoms with Gasteiger partial charge < -0.3 is 10.6 Å². The molecule has 7 nitrogen and oxygen atoms in total. The average Bonchev–Trinajstić information content (AvgIpc) is 3.11. The van der Waals surface area contributed by atoms with Crippen LogP contribution in [-0.4, -0.2) is 39.3 Å². The van der Waals surface area contributed by atoms with Crippen molar-refractivity contribution in [3.05, 3.63) is 45.5 Å². The molecule has 1 aliphatic heterocycles. The second-order valence-electron chi connectivity index (χ2n) is 6.27. The van der Waals surface area contributed by atoms with Gasteiger partial charge in [-0.1, -0.05) is 12.1 Å². The van der Waals surface area contributed by atoms with Crippen molar-refractivity contribution in [2.75, 3.05) is 6.54 Å². The summed E-state index contributed by atoms with van der Waals surface area (Å²) in [5, 5.41) is 13.2. The maximum Gasteiger partial charge on any atom is 0.273 e. The van der Waals surface area contributed by atoms with E-state index >= 15 is 0 Å². The molecule has 2 N–H and O–H groups in total. The number of likely N-dealkylation sites (tertiary alicyclic amines) is 1. The van der Waals surface area contributed by atoms with Crippen LogP contribution in [0.15, 0.2) is 29.6 Å². The molecule has 1 aromatic heterocycles. The number of nitro benzene ring substituents is 1. The molecule has 2 aromatic rings. The topological polar surface area (TPSA) is 102 Å². The lowest BCUT2D eigenvalue weighted by atomic mass is 9.96. The number of carbonyl (C=O) groups is 1. The van der Waals surface area contributed by atoms with Gasteiger partial charge in [-0.2, -0.15) is 0 Å². The first-order valence-corrected chi connectivity index (χ1v) is 9.12. The SMILES string of the molecule is CC(N)C1CCCCN1C(=O)c1csc(-c2cccc([N+](=O)[O-])c2)n1. The number of piperidine rings is 1. The maximum atomic E-state index is 12.8. The number of nitrogens with zero attached hydrogens (tertiary/aromatic N) is 3. The third-order valence-corrected chi connectivity index (χ3v) is 5.34. The van der Waals surface area contributed by atoms with E-state index in [9.17, 15) is 14.9 Å². The standard InChI is InChI=1S/C17H20N4O3S/c1-11(18)15-7-2-3-8-20(15)17(22)14-10-25-16(19-14)12-5-4-6-13(9-12)21(23)24/h4-6,9-11,15H,2-3,7-8,18H2,1H3. The normalized spacial score (nSPS) is 18.8. The van der Waals surface area contributed by atoms with Gasteiger partial charge in [0.1, 0.15) is 10.7 Å². The maximum absolute atomic E-state index is 12.8. The fourth-order valence-electron chi connectivity index (χ4n) is 3.16. The van der Waals surface area contributed by atoms with E-state index in [1.165, 1.54) is 23.5 Å². The van der Waals surface area contributed by atoms with E-state index in [4.69, 9.17) is 5.73 Å². The Kier molecular flexibility index (Phi) is 5.10. The van der Waals surface area contributed by atoms with Crippen molar-refractivity contribution in [3.63, 3.8) is 0 Å². The van der Waals surface area contributed by atoms with Gasteiger partial charge in [-0.3, -0.25) is 14.9 Å². The fraction of sp³-hybridized carbons (Fsp3) is 0.412. The summed E-state index contributed by atoms with van der Waals surface area (Å²) in [4.78, 5) is 29.6. The molecule has 0 saturated carbocycles. The van der Waals surface area contributed by atoms with Gasteiger partial charge in [-0.25, -0.2) is 4.98 Å². The molecule has 8 heteroatoms. The van der Waals surface area contributed by atoms with Gasteiger partial charge in [-0.05, 0) is 26.2 Å². The van der Waals surface area contributed by atoms with Crippen molar-refractivity contribution >= 4 is 22.9 Å². The van der Waals surface area contributed by atoms with Gasteiger partial charge in [0.25, 0.3) is 11.6 Å². The van der Waals surface area contributed by atoms with E-state index in [2.05, 4.69) is 4.98 Å². The lowest BCUT2D eigenvalue weighted by molar-refractivity contribution is -0.384. The highest BCUT2D eigenvalue weighted by atomic mass is 32.1. The average molecular weight is 360 g/mol. The molecule has 1 aliphatic rings. The van der Waals surface area contributed by atoms with Crippen molar-refractivity contribution in [1.29, 1.82) is 0 Å². The van der Waals surface area contributed by atoms with Crippen LogP contribution in [0.3, 0.4) is 0 Å². The number of hydrogen-bond acceptors (Lipinski definition) is 6. The zero-order chi connectivity index (χ0) is 18.0. The number of hydrogen-bond donors (Lipinski definition) is 1. The first-order chi connectivity index (χ1) is 12.0. The van der Waals surface area contributed by atoms with Gasteiger partial charge in [0.2, 0.25) is 0 Å². The highest BCUT2D eigenvalue weighted by Crippen LogP contribution is 2.28. The molecule has 1 amide bonds. The second-order valence-corrected chi connectivity index (χ2v) is 7.12. The second kappa shape index (κ2) is 7.28. The minimum atomic E-state index is -0.440. The third kappa shape index (κ3) is 3.69. The minimum absolute atomic E-state index is 0.00799. The first-order valence-electron chi connectivity index (χ1n) is 8.24. The van der Waals surface area contributed by atoms with E-state index in [0.29, 0.717) is 22.8 Å². The van der Waals surface area contributed by atoms with Gasteiger partial charge in [0, 0.05) is 41.7 Å². The van der Waals surface area contributed by atoms with Gasteiger partial charge in [0.15, 0.2) is 0 Å². The largest absolute Gasteiger partial charge is 0.333 e. The molecule has 2 heterocycles. The number of nitrogens with two attached hydrogens (primary N) is 1. The lowest BCUT2D eigenvalue weighted by Crippen LogP contribution is -2.51. The fourth-order valence-corrected chi connectivity index (χ4v) is 3.95. The van der Waals surface area contributed by atoms with Gasteiger partial charge in [0.05, 0.1) is 4.92 Å². The molecule has 132 valence electrons. The Morgan fingerprint density at radius 1 is 1.48 bits per heavy atom. The Labute approximate surface area is 149 Å². The summed E-state index contributed by atoms with van der Waals surface area (Å²) in [5.41, 5.74) is 7.06. The summed E-state index contributed by atoms with van der Waals surface area (Å²) in [6.07, 6.45) is 2.95. The minimum Gasteiger partial charge on any atom is -0.333 e. The van der Waals surface area contributed by atoms with E-state index in [1.54, 1.807) is 17.5 Å². The van der Waals surface area contributed by atoms with Crippen LogP contribution in [0, 0.1) is 10.1 Å². The van der Waals surface area contributed by atoms with Crippen molar-refractivity contribution in [2.45, 2.75) is 38.3 Å². The molecule has 3 rings (SSSR count). The smallest absolute Gasteiger partial charge is 0.273 e. The van der Waals surface area contributed by atoms with Crippen molar-refractivity contribution in [1.82, 2.24) is 9.88 Å². The molecular weight excluding hydrogens is 340 g/mol. The van der Waals surface area contributed by atoms with Crippen LogP contribution in [0.4, 0.5) is 5.69 Å². The Bertz CT molecular complexity index is 790. The van der Waals surface area contributed by atoms with Crippen LogP contribution in [0.5, 0.6) is 0 Å². The molecule has 0 aliphatic carbocycles. The van der Waals surface area contributed by atoms with Crippen LogP contribution < -0.4 is 5.73 Å². The summed E-state index contributed by atoms with van der Waals surface area (Å²) in [6.45, 7) is 2.61. The van der Waals surface area contributed by atoms with E-state index in [1.807, 2.05) is 11.8 Å². The van der Waals surface area contributed by atoms with Crippen molar-refractivity contribution < 1.29 is 9.72 Å². The van der Waals surface area contributed by atoms with Crippen LogP contribution in [-0.2, 0) is 0 Å². The Morgan fingerprint density at radius 3 is 3.00 bits per heavy atom. The van der Waals surface area contributed by atoms with E-state index in [-0.39, 0.29) is 23.7 Å². The predicted octanol–water partition coefficient (Wildman–Crippen LogP) is 3.06. The van der Waals surface area contributed by atoms with Crippen LogP contribution in [0.2, 0.25) is 0 Å². The molecular formula is C17H20N4O3S. The molecule has 1 aromatic carbocycles. The van der Waals surface area contributed by atoms with Crippen LogP contribution in [0.25, 0.3) is 10.6 Å². The Morgan fingerprint density at radius 2 is 2.28 bits per heavy atom. The van der Waals surface area contributed by atoms with E-state index in [0.717, 1.165) is 19.3 Å². The zero-order valence-electron chi connectivity index (χ0n) is 13.9. The highest BCUT2D eigenvalue weighted by molar-refractivity contribution is 7.13. The predicted molar refractivity (Wildman–Crippen MR) is 96.5 cm³/mol. The summed E-state index contributed by atoms with van der Waals surface area (Å²) in [6, 6.07) is 6.23. The summed E-state index contributed by atoms with van der Waals surface area (Å²) in [5.74, 6) is -0.116. The monoisotopic (exact) mass is 360 g/mol. The number of non-ortho nitro benzene ring substituents is 1. The van der Waals surface area contributed by atoms with Crippen LogP contribution >= 0.6 is 11.3 Å². The van der Waals surface area contributed by atoms with Gasteiger partial charge in [-0.15, -0.1) is 11.3 Å². The molecule has 25 heavy (non-hydrogen) atoms. The molecule has 0 spiro atoms. The number of benzene rings is 1. The van der Waals surface area contributed by atoms with Crippen molar-refractivity contribution in [2.24, 2.45) is 5.73 Å². The van der Waals surface area contributed by atoms with E-state index < -0.39 is 4.92 Å². The molecule has 1 fully saturated rings. The molecule has 1 saturated heterocycles. The molecule has 2 atom stereocenters. The highest BCUT2D eigenvalue weighted by Gasteiger charge is 2.31. The summed E-state index contributed by atoms with van der Waals surface area (Å²) >= 11 is 1.31. The summed E-state index contributed by atoms with van der Waals surface area (Å²) < 4.78 is 0. The lowest BCUT2D eigenvalue weighted by Gasteiger charge is -2.37. The number of thiazole rings is 1. The number of nitro groups is 1. The Hall–Kier alpha value is -2.32. The Balaban J connectivity index is 1.84. The summed E-state index contributed by atoms with van der Waals surface area (Å²) in [7, 11) is 0. The van der Waals surface area contributed by atoms with Gasteiger partial charge >= 0.3 is 0 Å². The number of rotatable bonds is 4. The first kappa shape index (κ1) is 17.5. The van der Waals surface area contributed by atoms with Crippen LogP contribution in [0.1, 0.15) is 36.7 Å². The van der Waals surface area contributed by atoms with Crippen molar-refractivity contribution in [3.8, 4) is 10.6 Å². The zero-order valence-corrected chi connectivity index (χ0v) is 14.7. The number of aromatic nitrogens is 1.